The minimum Gasteiger partial charge on any atom is -0.478 e. The summed E-state index contributed by atoms with van der Waals surface area (Å²) in [5.41, 5.74) is 1.28. The third kappa shape index (κ3) is 1.65. The van der Waals surface area contributed by atoms with Gasteiger partial charge in [-0.1, -0.05) is 0 Å². The number of allylic oxidation sites excluding steroid dienone is 1. The number of aliphatic carboxylic acids is 1. The van der Waals surface area contributed by atoms with Gasteiger partial charge in [-0.2, -0.15) is 0 Å². The second kappa shape index (κ2) is 3.62. The minimum absolute atomic E-state index is 0.294. The van der Waals surface area contributed by atoms with E-state index >= 15 is 0 Å². The van der Waals surface area contributed by atoms with Crippen molar-refractivity contribution in [2.45, 2.75) is 0 Å². The Labute approximate surface area is 98.3 Å². The Bertz CT molecular complexity index is 526. The highest BCUT2D eigenvalue weighted by Gasteiger charge is 2.24. The fourth-order valence-electron chi connectivity index (χ4n) is 1.99. The van der Waals surface area contributed by atoms with E-state index in [1.165, 1.54) is 0 Å². The van der Waals surface area contributed by atoms with E-state index in [9.17, 15) is 4.79 Å². The first kappa shape index (κ1) is 9.89. The number of fused-ring (bicyclic) bond motifs is 2. The maximum absolute atomic E-state index is 10.9. The number of hydrogen-bond donors (Lipinski definition) is 1. The molecule has 0 saturated carbocycles. The molecule has 0 fully saturated rings. The quantitative estimate of drug-likeness (QED) is 0.726. The summed E-state index contributed by atoms with van der Waals surface area (Å²) < 4.78 is 0. The Morgan fingerprint density at radius 1 is 1.29 bits per heavy atom. The molecule has 0 amide bonds. The molecule has 0 unspecified atom stereocenters. The second-order valence-corrected chi connectivity index (χ2v) is 3.99. The Balaban J connectivity index is 1.95. The second-order valence-electron chi connectivity index (χ2n) is 3.99. The van der Waals surface area contributed by atoms with E-state index < -0.39 is 5.97 Å². The zero-order valence-corrected chi connectivity index (χ0v) is 9.08. The summed E-state index contributed by atoms with van der Waals surface area (Å²) >= 11 is 0. The van der Waals surface area contributed by atoms with Crippen LogP contribution in [0.15, 0.2) is 53.1 Å². The highest BCUT2D eigenvalue weighted by atomic mass is 16.4. The monoisotopic (exact) mass is 229 g/mol. The van der Waals surface area contributed by atoms with E-state index in [1.807, 2.05) is 23.3 Å². The minimum atomic E-state index is -0.909. The van der Waals surface area contributed by atoms with Crippen LogP contribution in [0.1, 0.15) is 0 Å². The number of carboxylic acid groups (broad SMARTS) is 1. The molecule has 5 heteroatoms. The smallest absolute Gasteiger partial charge is 0.337 e. The molecule has 0 atom stereocenters. The van der Waals surface area contributed by atoms with Crippen LogP contribution in [0.5, 0.6) is 0 Å². The average Bonchev–Trinajstić information content (AvgIpc) is 2.35. The molecular weight excluding hydrogens is 218 g/mol. The number of nitrogens with zero attached hydrogens (tertiary/aromatic N) is 3. The number of rotatable bonds is 1. The van der Waals surface area contributed by atoms with E-state index in [2.05, 4.69) is 9.89 Å². The van der Waals surface area contributed by atoms with Gasteiger partial charge >= 0.3 is 5.97 Å². The highest BCUT2D eigenvalue weighted by molar-refractivity contribution is 5.92. The molecule has 0 saturated heterocycles. The van der Waals surface area contributed by atoms with Crippen LogP contribution < -0.4 is 0 Å². The zero-order valence-electron chi connectivity index (χ0n) is 9.08. The molecule has 17 heavy (non-hydrogen) atoms. The van der Waals surface area contributed by atoms with E-state index in [4.69, 9.17) is 5.11 Å². The summed E-state index contributed by atoms with van der Waals surface area (Å²) in [7, 11) is 0. The normalized spacial score (nSPS) is 21.3. The van der Waals surface area contributed by atoms with E-state index in [0.29, 0.717) is 12.1 Å². The van der Waals surface area contributed by atoms with Gasteiger partial charge in [0.2, 0.25) is 0 Å². The number of amidine groups is 1. The lowest BCUT2D eigenvalue weighted by atomic mass is 10.1. The van der Waals surface area contributed by atoms with Crippen LogP contribution in [0.25, 0.3) is 0 Å². The lowest BCUT2D eigenvalue weighted by molar-refractivity contribution is -0.132. The molecule has 0 aliphatic carbocycles. The zero-order chi connectivity index (χ0) is 11.8. The van der Waals surface area contributed by atoms with Gasteiger partial charge in [0.1, 0.15) is 5.84 Å². The summed E-state index contributed by atoms with van der Waals surface area (Å²) in [6, 6.07) is 0. The van der Waals surface area contributed by atoms with E-state index in [0.717, 1.165) is 18.1 Å². The van der Waals surface area contributed by atoms with Crippen LogP contribution in [-0.2, 0) is 4.79 Å². The van der Waals surface area contributed by atoms with E-state index in [1.54, 1.807) is 18.5 Å². The molecular formula is C12H11N3O2. The van der Waals surface area contributed by atoms with Gasteiger partial charge in [0.15, 0.2) is 0 Å². The van der Waals surface area contributed by atoms with Gasteiger partial charge in [0, 0.05) is 25.1 Å². The molecule has 0 bridgehead atoms. The molecule has 0 radical (unpaired) electrons. The van der Waals surface area contributed by atoms with Crippen molar-refractivity contribution in [3.8, 4) is 0 Å². The Kier molecular flexibility index (Phi) is 2.11. The molecule has 86 valence electrons. The Morgan fingerprint density at radius 2 is 2.18 bits per heavy atom. The molecule has 0 spiro atoms. The van der Waals surface area contributed by atoms with Crippen molar-refractivity contribution < 1.29 is 9.90 Å². The van der Waals surface area contributed by atoms with Crippen LogP contribution in [-0.4, -0.2) is 39.8 Å². The number of carbonyl (C=O) groups is 1. The molecule has 3 aliphatic heterocycles. The third-order valence-electron chi connectivity index (χ3n) is 2.87. The molecule has 0 aromatic rings. The number of hydrogen-bond acceptors (Lipinski definition) is 4. The van der Waals surface area contributed by atoms with Crippen molar-refractivity contribution in [2.75, 3.05) is 13.1 Å². The molecule has 0 aromatic carbocycles. The Morgan fingerprint density at radius 3 is 3.00 bits per heavy atom. The molecule has 3 aliphatic rings. The lowest BCUT2D eigenvalue weighted by Gasteiger charge is -2.36. The van der Waals surface area contributed by atoms with Crippen LogP contribution in [0.4, 0.5) is 0 Å². The molecule has 3 rings (SSSR count). The van der Waals surface area contributed by atoms with Crippen LogP contribution in [0, 0.1) is 0 Å². The standard InChI is InChI=1S/C12H11N3O2/c16-12(17)9-2-3-10-7-14-5-1-4-13-11(14)8-15(10)6-9/h1-4,6-7H,5,8H2,(H,16,17). The molecule has 1 N–H and O–H groups in total. The van der Waals surface area contributed by atoms with Crippen LogP contribution in [0.2, 0.25) is 0 Å². The average molecular weight is 229 g/mol. The first-order valence-electron chi connectivity index (χ1n) is 5.34. The van der Waals surface area contributed by atoms with Crippen molar-refractivity contribution in [2.24, 2.45) is 4.99 Å². The SMILES string of the molecule is O=C(O)C1=CN2CC3=NC=CCN3C=C2C=C1. The largest absolute Gasteiger partial charge is 0.478 e. The van der Waals surface area contributed by atoms with Crippen LogP contribution in [0.3, 0.4) is 0 Å². The lowest BCUT2D eigenvalue weighted by Crippen LogP contribution is -2.42. The Hall–Kier alpha value is -2.30. The third-order valence-corrected chi connectivity index (χ3v) is 2.87. The number of carboxylic acids is 1. The van der Waals surface area contributed by atoms with Crippen molar-refractivity contribution in [3.63, 3.8) is 0 Å². The van der Waals surface area contributed by atoms with Crippen molar-refractivity contribution >= 4 is 11.8 Å². The van der Waals surface area contributed by atoms with Gasteiger partial charge in [-0.3, -0.25) is 0 Å². The van der Waals surface area contributed by atoms with Crippen molar-refractivity contribution in [1.29, 1.82) is 0 Å². The van der Waals surface area contributed by atoms with E-state index in [-0.39, 0.29) is 0 Å². The molecule has 3 heterocycles. The fraction of sp³-hybridized carbons (Fsp3) is 0.167. The molecule has 5 nitrogen and oxygen atoms in total. The summed E-state index contributed by atoms with van der Waals surface area (Å²) in [5, 5.41) is 8.94. The van der Waals surface area contributed by atoms with Crippen molar-refractivity contribution in [3.05, 3.63) is 48.1 Å². The van der Waals surface area contributed by atoms with Crippen molar-refractivity contribution in [1.82, 2.24) is 9.80 Å². The van der Waals surface area contributed by atoms with Gasteiger partial charge in [0.05, 0.1) is 17.8 Å². The first-order valence-corrected chi connectivity index (χ1v) is 5.34. The summed E-state index contributed by atoms with van der Waals surface area (Å²) in [4.78, 5) is 19.1. The maximum Gasteiger partial charge on any atom is 0.337 e. The predicted molar refractivity (Wildman–Crippen MR) is 62.9 cm³/mol. The maximum atomic E-state index is 10.9. The highest BCUT2D eigenvalue weighted by Crippen LogP contribution is 2.22. The van der Waals surface area contributed by atoms with Gasteiger partial charge < -0.3 is 14.9 Å². The topological polar surface area (TPSA) is 56.1 Å². The first-order chi connectivity index (χ1) is 8.24. The number of aliphatic imine (C=N–C) groups is 1. The predicted octanol–water partition coefficient (Wildman–Crippen LogP) is 0.910. The fourth-order valence-corrected chi connectivity index (χ4v) is 1.99. The van der Waals surface area contributed by atoms with Gasteiger partial charge in [-0.15, -0.1) is 0 Å². The summed E-state index contributed by atoms with van der Waals surface area (Å²) in [5.74, 6) is 0.0285. The van der Waals surface area contributed by atoms with Gasteiger partial charge in [-0.25, -0.2) is 9.79 Å². The summed E-state index contributed by atoms with van der Waals surface area (Å²) in [6.07, 6.45) is 10.8. The molecule has 0 aromatic heterocycles. The summed E-state index contributed by atoms with van der Waals surface area (Å²) in [6.45, 7) is 1.43. The van der Waals surface area contributed by atoms with Gasteiger partial charge in [-0.05, 0) is 18.2 Å². The van der Waals surface area contributed by atoms with Gasteiger partial charge in [0.25, 0.3) is 0 Å². The van der Waals surface area contributed by atoms with Crippen LogP contribution >= 0.6 is 0 Å².